The molecule has 0 radical (unpaired) electrons. The smallest absolute Gasteiger partial charge is 0.0110 e. The third-order valence-corrected chi connectivity index (χ3v) is 3.00. The van der Waals surface area contributed by atoms with Gasteiger partial charge in [-0.3, -0.25) is 0 Å². The summed E-state index contributed by atoms with van der Waals surface area (Å²) in [5, 5.41) is 0. The molecule has 0 aromatic carbocycles. The van der Waals surface area contributed by atoms with E-state index >= 15 is 0 Å². The Hall–Kier alpha value is -0.0800. The first-order valence-corrected chi connectivity index (χ1v) is 6.88. The monoisotopic (exact) mass is 228 g/mol. The topological polar surface area (TPSA) is 6.48 Å². The summed E-state index contributed by atoms with van der Waals surface area (Å²) in [4.78, 5) is 5.02. The van der Waals surface area contributed by atoms with E-state index in [2.05, 4.69) is 37.6 Å². The van der Waals surface area contributed by atoms with Gasteiger partial charge in [0.05, 0.1) is 0 Å². The van der Waals surface area contributed by atoms with Gasteiger partial charge in [0.25, 0.3) is 0 Å². The number of rotatable bonds is 3. The van der Waals surface area contributed by atoms with Gasteiger partial charge in [-0.1, -0.05) is 34.6 Å². The Bertz CT molecular complexity index is 153. The SMILES string of the molecule is CC.CN1CCN(CCCC(C)(C)C)CC1. The summed E-state index contributed by atoms with van der Waals surface area (Å²) < 4.78 is 0. The highest BCUT2D eigenvalue weighted by Gasteiger charge is 2.15. The fraction of sp³-hybridized carbons (Fsp3) is 1.00. The molecule has 2 heteroatoms. The van der Waals surface area contributed by atoms with Gasteiger partial charge < -0.3 is 9.80 Å². The van der Waals surface area contributed by atoms with E-state index in [4.69, 9.17) is 0 Å². The molecule has 1 fully saturated rings. The molecule has 0 aliphatic carbocycles. The Morgan fingerprint density at radius 2 is 1.44 bits per heavy atom. The molecule has 1 heterocycles. The number of nitrogens with zero attached hydrogens (tertiary/aromatic N) is 2. The maximum Gasteiger partial charge on any atom is 0.0110 e. The van der Waals surface area contributed by atoms with E-state index in [9.17, 15) is 0 Å². The van der Waals surface area contributed by atoms with Gasteiger partial charge in [-0.15, -0.1) is 0 Å². The van der Waals surface area contributed by atoms with Crippen LogP contribution in [0.4, 0.5) is 0 Å². The normalized spacial score (nSPS) is 19.1. The summed E-state index contributed by atoms with van der Waals surface area (Å²) in [5.74, 6) is 0. The van der Waals surface area contributed by atoms with Crippen LogP contribution in [0, 0.1) is 5.41 Å². The van der Waals surface area contributed by atoms with Crippen molar-refractivity contribution in [2.24, 2.45) is 5.41 Å². The average molecular weight is 228 g/mol. The van der Waals surface area contributed by atoms with Crippen molar-refractivity contribution in [3.05, 3.63) is 0 Å². The Kier molecular flexibility index (Phi) is 8.04. The molecule has 0 N–H and O–H groups in total. The van der Waals surface area contributed by atoms with E-state index in [1.807, 2.05) is 13.8 Å². The van der Waals surface area contributed by atoms with E-state index in [1.165, 1.54) is 45.6 Å². The summed E-state index contributed by atoms with van der Waals surface area (Å²) in [6.45, 7) is 17.3. The molecule has 2 nitrogen and oxygen atoms in total. The molecule has 0 aromatic rings. The molecule has 0 aromatic heterocycles. The molecule has 1 rings (SSSR count). The zero-order valence-corrected chi connectivity index (χ0v) is 12.3. The van der Waals surface area contributed by atoms with Crippen LogP contribution in [0.25, 0.3) is 0 Å². The van der Waals surface area contributed by atoms with Crippen molar-refractivity contribution >= 4 is 0 Å². The lowest BCUT2D eigenvalue weighted by molar-refractivity contribution is 0.147. The zero-order chi connectivity index (χ0) is 12.6. The summed E-state index contributed by atoms with van der Waals surface area (Å²) in [6.07, 6.45) is 2.70. The number of likely N-dealkylation sites (N-methyl/N-ethyl adjacent to an activating group) is 1. The molecular weight excluding hydrogens is 196 g/mol. The van der Waals surface area contributed by atoms with Gasteiger partial charge in [-0.25, -0.2) is 0 Å². The second-order valence-corrected chi connectivity index (χ2v) is 5.81. The molecule has 1 aliphatic heterocycles. The van der Waals surface area contributed by atoms with Crippen molar-refractivity contribution in [1.82, 2.24) is 9.80 Å². The average Bonchev–Trinajstić information content (AvgIpc) is 2.22. The molecule has 0 saturated carbocycles. The van der Waals surface area contributed by atoms with E-state index in [-0.39, 0.29) is 0 Å². The second kappa shape index (κ2) is 8.08. The minimum Gasteiger partial charge on any atom is -0.304 e. The highest BCUT2D eigenvalue weighted by Crippen LogP contribution is 2.20. The highest BCUT2D eigenvalue weighted by atomic mass is 15.2. The highest BCUT2D eigenvalue weighted by molar-refractivity contribution is 4.70. The molecule has 0 amide bonds. The molecule has 1 aliphatic rings. The minimum absolute atomic E-state index is 0.507. The van der Waals surface area contributed by atoms with Crippen LogP contribution in [0.3, 0.4) is 0 Å². The van der Waals surface area contributed by atoms with E-state index in [1.54, 1.807) is 0 Å². The van der Waals surface area contributed by atoms with Crippen molar-refractivity contribution in [2.75, 3.05) is 39.8 Å². The molecular formula is C14H32N2. The summed E-state index contributed by atoms with van der Waals surface area (Å²) in [5.41, 5.74) is 0.507. The van der Waals surface area contributed by atoms with Crippen LogP contribution >= 0.6 is 0 Å². The third-order valence-electron chi connectivity index (χ3n) is 3.00. The van der Waals surface area contributed by atoms with Crippen LogP contribution in [-0.2, 0) is 0 Å². The van der Waals surface area contributed by atoms with Gasteiger partial charge >= 0.3 is 0 Å². The van der Waals surface area contributed by atoms with Crippen LogP contribution in [-0.4, -0.2) is 49.6 Å². The Balaban J connectivity index is 0.00000106. The van der Waals surface area contributed by atoms with Gasteiger partial charge in [0.2, 0.25) is 0 Å². The Morgan fingerprint density at radius 1 is 0.938 bits per heavy atom. The summed E-state index contributed by atoms with van der Waals surface area (Å²) >= 11 is 0. The Morgan fingerprint density at radius 3 is 1.88 bits per heavy atom. The van der Waals surface area contributed by atoms with Crippen LogP contribution in [0.15, 0.2) is 0 Å². The standard InChI is InChI=1S/C12H26N2.C2H6/c1-12(2,3)6-5-7-14-10-8-13(4)9-11-14;1-2/h5-11H2,1-4H3;1-2H3. The number of hydrogen-bond donors (Lipinski definition) is 0. The Labute approximate surface area is 103 Å². The van der Waals surface area contributed by atoms with Crippen molar-refractivity contribution in [1.29, 1.82) is 0 Å². The molecule has 0 spiro atoms. The predicted octanol–water partition coefficient (Wildman–Crippen LogP) is 3.09. The largest absolute Gasteiger partial charge is 0.304 e. The van der Waals surface area contributed by atoms with Gasteiger partial charge in [0, 0.05) is 26.2 Å². The summed E-state index contributed by atoms with van der Waals surface area (Å²) in [7, 11) is 2.21. The third kappa shape index (κ3) is 8.12. The molecule has 1 saturated heterocycles. The lowest BCUT2D eigenvalue weighted by Gasteiger charge is -2.32. The second-order valence-electron chi connectivity index (χ2n) is 5.81. The molecule has 0 atom stereocenters. The van der Waals surface area contributed by atoms with Crippen molar-refractivity contribution in [3.8, 4) is 0 Å². The van der Waals surface area contributed by atoms with Crippen LogP contribution in [0.2, 0.25) is 0 Å². The fourth-order valence-electron chi connectivity index (χ4n) is 1.90. The fourth-order valence-corrected chi connectivity index (χ4v) is 1.90. The maximum absolute atomic E-state index is 2.60. The van der Waals surface area contributed by atoms with Gasteiger partial charge in [-0.05, 0) is 31.8 Å². The molecule has 0 unspecified atom stereocenters. The number of piperazine rings is 1. The molecule has 16 heavy (non-hydrogen) atoms. The minimum atomic E-state index is 0.507. The predicted molar refractivity (Wildman–Crippen MR) is 74.0 cm³/mol. The molecule has 0 bridgehead atoms. The van der Waals surface area contributed by atoms with E-state index in [0.717, 1.165) is 0 Å². The van der Waals surface area contributed by atoms with Crippen molar-refractivity contribution in [3.63, 3.8) is 0 Å². The zero-order valence-electron chi connectivity index (χ0n) is 12.3. The van der Waals surface area contributed by atoms with Crippen LogP contribution in [0.5, 0.6) is 0 Å². The van der Waals surface area contributed by atoms with E-state index < -0.39 is 0 Å². The lowest BCUT2D eigenvalue weighted by atomic mass is 9.90. The van der Waals surface area contributed by atoms with Gasteiger partial charge in [-0.2, -0.15) is 0 Å². The van der Waals surface area contributed by atoms with Crippen molar-refractivity contribution < 1.29 is 0 Å². The van der Waals surface area contributed by atoms with E-state index in [0.29, 0.717) is 5.41 Å². The lowest BCUT2D eigenvalue weighted by Crippen LogP contribution is -2.44. The quantitative estimate of drug-likeness (QED) is 0.732. The molecule has 98 valence electrons. The van der Waals surface area contributed by atoms with Gasteiger partial charge in [0.1, 0.15) is 0 Å². The van der Waals surface area contributed by atoms with Crippen molar-refractivity contribution in [2.45, 2.75) is 47.5 Å². The maximum atomic E-state index is 2.60. The first-order valence-electron chi connectivity index (χ1n) is 6.88. The van der Waals surface area contributed by atoms with Crippen LogP contribution in [0.1, 0.15) is 47.5 Å². The number of hydrogen-bond acceptors (Lipinski definition) is 2. The van der Waals surface area contributed by atoms with Crippen LogP contribution < -0.4 is 0 Å². The first kappa shape index (κ1) is 15.9. The first-order chi connectivity index (χ1) is 7.47. The summed E-state index contributed by atoms with van der Waals surface area (Å²) in [6, 6.07) is 0. The van der Waals surface area contributed by atoms with Gasteiger partial charge in [0.15, 0.2) is 0 Å².